The van der Waals surface area contributed by atoms with Crippen LogP contribution in [0.5, 0.6) is 5.75 Å². The highest BCUT2D eigenvalue weighted by Crippen LogP contribution is 2.28. The van der Waals surface area contributed by atoms with Gasteiger partial charge in [0.25, 0.3) is 0 Å². The summed E-state index contributed by atoms with van der Waals surface area (Å²) in [5, 5.41) is 3.34. The molecule has 1 aliphatic heterocycles. The first kappa shape index (κ1) is 20.2. The molecule has 7 heteroatoms. The van der Waals surface area contributed by atoms with Gasteiger partial charge in [-0.2, -0.15) is 0 Å². The van der Waals surface area contributed by atoms with E-state index < -0.39 is 5.97 Å². The molecule has 3 aromatic rings. The summed E-state index contributed by atoms with van der Waals surface area (Å²) in [5.74, 6) is 0.601. The van der Waals surface area contributed by atoms with Gasteiger partial charge in [-0.3, -0.25) is 0 Å². The van der Waals surface area contributed by atoms with Gasteiger partial charge in [0.2, 0.25) is 5.82 Å². The minimum atomic E-state index is -0.439. The van der Waals surface area contributed by atoms with E-state index in [-0.39, 0.29) is 30.9 Å². The molecule has 0 unspecified atom stereocenters. The number of hydrogen-bond donors (Lipinski definition) is 1. The molecular formula is C21H24ClN3O3. The first-order valence-electron chi connectivity index (χ1n) is 9.26. The molecule has 0 amide bonds. The number of para-hydroxylation sites is 1. The number of imidazole rings is 1. The first-order valence-corrected chi connectivity index (χ1v) is 9.26. The van der Waals surface area contributed by atoms with Crippen LogP contribution < -0.4 is 10.1 Å². The molecule has 0 saturated carbocycles. The lowest BCUT2D eigenvalue weighted by molar-refractivity contribution is 0.0454. The Morgan fingerprint density at radius 1 is 1.14 bits per heavy atom. The Morgan fingerprint density at radius 2 is 1.89 bits per heavy atom. The number of carbonyl (C=O) groups is 1. The van der Waals surface area contributed by atoms with E-state index in [1.165, 1.54) is 0 Å². The Hall–Kier alpha value is -2.57. The number of nitrogens with one attached hydrogen (secondary N) is 1. The molecule has 0 atom stereocenters. The quantitative estimate of drug-likeness (QED) is 0.663. The van der Waals surface area contributed by atoms with Crippen LogP contribution >= 0.6 is 12.4 Å². The topological polar surface area (TPSA) is 65.4 Å². The number of nitrogens with zero attached hydrogens (tertiary/aromatic N) is 2. The second-order valence-electron chi connectivity index (χ2n) is 6.75. The van der Waals surface area contributed by atoms with E-state index in [1.807, 2.05) is 55.6 Å². The maximum atomic E-state index is 12.6. The molecule has 1 aromatic heterocycles. The summed E-state index contributed by atoms with van der Waals surface area (Å²) in [4.78, 5) is 17.0. The van der Waals surface area contributed by atoms with Crippen LogP contribution in [0, 0.1) is 0 Å². The van der Waals surface area contributed by atoms with Gasteiger partial charge < -0.3 is 19.4 Å². The predicted octanol–water partition coefficient (Wildman–Crippen LogP) is 3.48. The number of benzene rings is 2. The van der Waals surface area contributed by atoms with Crippen LogP contribution in [-0.2, 0) is 18.4 Å². The fraction of sp³-hybridized carbons (Fsp3) is 0.333. The van der Waals surface area contributed by atoms with Gasteiger partial charge in [0.15, 0.2) is 0 Å². The summed E-state index contributed by atoms with van der Waals surface area (Å²) < 4.78 is 13.4. The van der Waals surface area contributed by atoms with Crippen molar-refractivity contribution in [2.24, 2.45) is 7.05 Å². The van der Waals surface area contributed by atoms with Gasteiger partial charge in [-0.05, 0) is 43.6 Å². The third kappa shape index (κ3) is 4.29. The number of piperidine rings is 1. The monoisotopic (exact) mass is 401 g/mol. The third-order valence-electron chi connectivity index (χ3n) is 4.83. The van der Waals surface area contributed by atoms with E-state index in [2.05, 4.69) is 10.3 Å². The van der Waals surface area contributed by atoms with Crippen LogP contribution in [0.3, 0.4) is 0 Å². The van der Waals surface area contributed by atoms with Crippen molar-refractivity contribution in [3.63, 3.8) is 0 Å². The fourth-order valence-corrected chi connectivity index (χ4v) is 3.39. The van der Waals surface area contributed by atoms with E-state index in [1.54, 1.807) is 4.57 Å². The number of halogens is 1. The van der Waals surface area contributed by atoms with E-state index >= 15 is 0 Å². The molecular weight excluding hydrogens is 378 g/mol. The molecule has 1 saturated heterocycles. The number of aromatic nitrogens is 2. The SMILES string of the molecule is Cl.Cn1c(C(=O)OCc2ccccc2)nc2cccc(OC3CCNCC3)c21. The Labute approximate surface area is 170 Å². The van der Waals surface area contributed by atoms with Crippen LogP contribution in [0.1, 0.15) is 29.0 Å². The van der Waals surface area contributed by atoms with Crippen LogP contribution in [0.2, 0.25) is 0 Å². The molecule has 1 N–H and O–H groups in total. The molecule has 2 heterocycles. The summed E-state index contributed by atoms with van der Waals surface area (Å²) in [6.45, 7) is 2.15. The molecule has 28 heavy (non-hydrogen) atoms. The third-order valence-corrected chi connectivity index (χ3v) is 4.83. The molecule has 0 aliphatic carbocycles. The highest BCUT2D eigenvalue weighted by Gasteiger charge is 2.21. The lowest BCUT2D eigenvalue weighted by Gasteiger charge is -2.24. The molecule has 0 spiro atoms. The minimum Gasteiger partial charge on any atom is -0.488 e. The average Bonchev–Trinajstić information content (AvgIpc) is 3.05. The van der Waals surface area contributed by atoms with Gasteiger partial charge in [-0.1, -0.05) is 36.4 Å². The fourth-order valence-electron chi connectivity index (χ4n) is 3.39. The van der Waals surface area contributed by atoms with Crippen molar-refractivity contribution in [3.05, 3.63) is 59.9 Å². The number of rotatable bonds is 5. The molecule has 148 valence electrons. The highest BCUT2D eigenvalue weighted by molar-refractivity contribution is 5.93. The standard InChI is InChI=1S/C21H23N3O3.ClH/c1-24-19-17(8-5-9-18(19)27-16-10-12-22-13-11-16)23-20(24)21(25)26-14-15-6-3-2-4-7-15;/h2-9,16,22H,10-14H2,1H3;1H. The summed E-state index contributed by atoms with van der Waals surface area (Å²) in [6, 6.07) is 15.3. The van der Waals surface area contributed by atoms with Crippen molar-refractivity contribution in [3.8, 4) is 5.75 Å². The lowest BCUT2D eigenvalue weighted by Crippen LogP contribution is -2.34. The molecule has 1 aliphatic rings. The molecule has 4 rings (SSSR count). The van der Waals surface area contributed by atoms with Gasteiger partial charge in [-0.25, -0.2) is 9.78 Å². The molecule has 0 bridgehead atoms. The number of ether oxygens (including phenoxy) is 2. The molecule has 2 aromatic carbocycles. The second kappa shape index (κ2) is 9.08. The maximum Gasteiger partial charge on any atom is 0.374 e. The van der Waals surface area contributed by atoms with Crippen molar-refractivity contribution in [2.75, 3.05) is 13.1 Å². The van der Waals surface area contributed by atoms with Crippen molar-refractivity contribution < 1.29 is 14.3 Å². The van der Waals surface area contributed by atoms with E-state index in [0.717, 1.165) is 48.3 Å². The molecule has 6 nitrogen and oxygen atoms in total. The number of carbonyl (C=O) groups excluding carboxylic acids is 1. The van der Waals surface area contributed by atoms with Gasteiger partial charge in [0.1, 0.15) is 24.0 Å². The van der Waals surface area contributed by atoms with E-state index in [0.29, 0.717) is 0 Å². The van der Waals surface area contributed by atoms with Crippen LogP contribution in [0.15, 0.2) is 48.5 Å². The summed E-state index contributed by atoms with van der Waals surface area (Å²) in [6.07, 6.45) is 2.13. The Morgan fingerprint density at radius 3 is 2.64 bits per heavy atom. The smallest absolute Gasteiger partial charge is 0.374 e. The predicted molar refractivity (Wildman–Crippen MR) is 110 cm³/mol. The van der Waals surface area contributed by atoms with Crippen LogP contribution in [-0.4, -0.2) is 34.7 Å². The second-order valence-corrected chi connectivity index (χ2v) is 6.75. The van der Waals surface area contributed by atoms with Gasteiger partial charge >= 0.3 is 5.97 Å². The van der Waals surface area contributed by atoms with Gasteiger partial charge in [0, 0.05) is 7.05 Å². The first-order chi connectivity index (χ1) is 13.2. The van der Waals surface area contributed by atoms with Crippen LogP contribution in [0.25, 0.3) is 11.0 Å². The van der Waals surface area contributed by atoms with E-state index in [4.69, 9.17) is 9.47 Å². The van der Waals surface area contributed by atoms with E-state index in [9.17, 15) is 4.79 Å². The molecule has 0 radical (unpaired) electrons. The normalized spacial score (nSPS) is 14.5. The summed E-state index contributed by atoms with van der Waals surface area (Å²) in [5.41, 5.74) is 2.50. The van der Waals surface area contributed by atoms with Crippen molar-refractivity contribution in [1.29, 1.82) is 0 Å². The lowest BCUT2D eigenvalue weighted by atomic mass is 10.1. The average molecular weight is 402 g/mol. The van der Waals surface area contributed by atoms with Crippen molar-refractivity contribution in [2.45, 2.75) is 25.6 Å². The zero-order valence-electron chi connectivity index (χ0n) is 15.8. The van der Waals surface area contributed by atoms with Crippen molar-refractivity contribution in [1.82, 2.24) is 14.9 Å². The molecule has 1 fully saturated rings. The van der Waals surface area contributed by atoms with Gasteiger partial charge in [0.05, 0.1) is 5.52 Å². The zero-order chi connectivity index (χ0) is 18.6. The van der Waals surface area contributed by atoms with Crippen molar-refractivity contribution >= 4 is 29.4 Å². The summed E-state index contributed by atoms with van der Waals surface area (Å²) in [7, 11) is 1.82. The van der Waals surface area contributed by atoms with Gasteiger partial charge in [-0.15, -0.1) is 12.4 Å². The zero-order valence-corrected chi connectivity index (χ0v) is 16.6. The van der Waals surface area contributed by atoms with Crippen LogP contribution in [0.4, 0.5) is 0 Å². The Balaban J connectivity index is 0.00000225. The number of fused-ring (bicyclic) bond motifs is 1. The number of aryl methyl sites for hydroxylation is 1. The highest BCUT2D eigenvalue weighted by atomic mass is 35.5. The maximum absolute atomic E-state index is 12.6. The Kier molecular flexibility index (Phi) is 6.54. The number of hydrogen-bond acceptors (Lipinski definition) is 5. The minimum absolute atomic E-state index is 0. The summed E-state index contributed by atoms with van der Waals surface area (Å²) >= 11 is 0. The Bertz CT molecular complexity index is 937. The largest absolute Gasteiger partial charge is 0.488 e. The number of esters is 1.